The molecule has 0 fully saturated rings. The van der Waals surface area contributed by atoms with Gasteiger partial charge in [-0.2, -0.15) is 5.06 Å². The lowest BCUT2D eigenvalue weighted by Gasteiger charge is -2.35. The molecular formula is C60H112N12O20. The van der Waals surface area contributed by atoms with Gasteiger partial charge in [-0.15, -0.1) is 0 Å². The maximum Gasteiger partial charge on any atom is 0.349 e. The molecule has 532 valence electrons. The number of amides is 18. The van der Waals surface area contributed by atoms with Gasteiger partial charge in [0.2, 0.25) is 29.5 Å². The van der Waals surface area contributed by atoms with Crippen LogP contribution in [-0.2, 0) is 61.9 Å². The predicted octanol–water partition coefficient (Wildman–Crippen LogP) is 7.54. The topological polar surface area (TPSA) is 329 Å². The predicted molar refractivity (Wildman–Crippen MR) is 337 cm³/mol. The molecule has 0 spiro atoms. The van der Waals surface area contributed by atoms with E-state index in [0.29, 0.717) is 90.5 Å². The summed E-state index contributed by atoms with van der Waals surface area (Å²) in [5.74, 6) is -4.51. The highest BCUT2D eigenvalue weighted by Crippen LogP contribution is 2.16. The van der Waals surface area contributed by atoms with Crippen molar-refractivity contribution in [2.45, 2.75) is 179 Å². The van der Waals surface area contributed by atoms with Crippen molar-refractivity contribution >= 4 is 71.6 Å². The van der Waals surface area contributed by atoms with Crippen LogP contribution in [0.15, 0.2) is 0 Å². The van der Waals surface area contributed by atoms with Crippen LogP contribution in [0.5, 0.6) is 0 Å². The lowest BCUT2D eigenvalue weighted by molar-refractivity contribution is -0.157. The number of hydrogen-bond acceptors (Lipinski definition) is 20. The zero-order chi connectivity index (χ0) is 70.1. The minimum absolute atomic E-state index is 0.0505. The second-order valence-electron chi connectivity index (χ2n) is 20.6. The lowest BCUT2D eigenvalue weighted by Crippen LogP contribution is -2.59. The molecule has 0 heterocycles. The number of carbonyl (C=O) groups is 12. The number of rotatable bonds is 44. The minimum atomic E-state index is -1.31. The molecule has 32 nitrogen and oxygen atoms in total. The highest BCUT2D eigenvalue weighted by atomic mass is 16.6. The standard InChI is InChI=1S/C52H96N10O18.C8H16N2O2/c1-12-22-27-43(63)53(11)48(68)60(47(67)32-58(44(64)28-23-13-2)49(69)54(17-6)34-74-18-7)33-59(45(65)29-24-14-3)50(70)56(40-80-42-62(73)52(72)57(36-76-20-9)37-77-21-10)39-79-41-61(46(66)30-25-15-4)51(71)55(35-75-19-8)38-78-31-26-16-5;1-5-7(11)10(4)8(12)9(3)6-2/h73H,12-42H2,1-11H3;5-6H2,1-4H3. The van der Waals surface area contributed by atoms with Crippen LogP contribution < -0.4 is 0 Å². The molecule has 0 rings (SSSR count). The van der Waals surface area contributed by atoms with Gasteiger partial charge >= 0.3 is 36.2 Å². The van der Waals surface area contributed by atoms with E-state index in [-0.39, 0.29) is 116 Å². The zero-order valence-electron chi connectivity index (χ0n) is 57.9. The Kier molecular flexibility index (Phi) is 50.1. The summed E-state index contributed by atoms with van der Waals surface area (Å²) >= 11 is 0. The van der Waals surface area contributed by atoms with Crippen LogP contribution in [0.25, 0.3) is 0 Å². The summed E-state index contributed by atoms with van der Waals surface area (Å²) in [5, 5.41) is 11.0. The smallest absolute Gasteiger partial charge is 0.349 e. The van der Waals surface area contributed by atoms with E-state index in [1.54, 1.807) is 55.5 Å². The highest BCUT2D eigenvalue weighted by Gasteiger charge is 2.38. The average Bonchev–Trinajstić information content (AvgIpc) is 0.888. The Morgan fingerprint density at radius 3 is 1.11 bits per heavy atom. The molecule has 32 heteroatoms. The van der Waals surface area contributed by atoms with Crippen molar-refractivity contribution in [2.75, 3.05) is 141 Å². The SMILES string of the molecule is CCC(=O)N(C)C(=O)N(C)CC.CCCCOCN(COCC)C(=O)N(COCN(COCN(O)C(=O)N(COCC)COCC)C(=O)N(CN(C(=O)CN(C(=O)CCCC)C(=O)N(CC)COCC)C(=O)N(C)C(=O)CCCC)C(=O)CCCC)C(=O)CCCC. The molecule has 0 aromatic heterocycles. The van der Waals surface area contributed by atoms with Crippen LogP contribution in [0.3, 0.4) is 0 Å². The second kappa shape index (κ2) is 52.8. The quantitative estimate of drug-likeness (QED) is 0.0266. The van der Waals surface area contributed by atoms with Crippen LogP contribution in [0.2, 0.25) is 0 Å². The number of imide groups is 6. The summed E-state index contributed by atoms with van der Waals surface area (Å²) in [6.45, 7) is 16.0. The molecule has 0 unspecified atom stereocenters. The van der Waals surface area contributed by atoms with E-state index in [2.05, 4.69) is 0 Å². The van der Waals surface area contributed by atoms with E-state index in [0.717, 1.165) is 42.9 Å². The Morgan fingerprint density at radius 2 is 0.674 bits per heavy atom. The van der Waals surface area contributed by atoms with Gasteiger partial charge in [0.25, 0.3) is 5.91 Å². The number of nitrogens with zero attached hydrogens (tertiary/aromatic N) is 12. The largest absolute Gasteiger partial charge is 0.361 e. The molecule has 0 atom stereocenters. The first-order valence-corrected chi connectivity index (χ1v) is 32.1. The minimum Gasteiger partial charge on any atom is -0.361 e. The summed E-state index contributed by atoms with van der Waals surface area (Å²) in [4.78, 5) is 173. The van der Waals surface area contributed by atoms with Crippen molar-refractivity contribution in [1.82, 2.24) is 59.0 Å². The van der Waals surface area contributed by atoms with Gasteiger partial charge in [-0.25, -0.2) is 43.5 Å². The number of unbranched alkanes of at least 4 members (excludes halogenated alkanes) is 5. The van der Waals surface area contributed by atoms with Crippen LogP contribution in [0.1, 0.15) is 179 Å². The molecule has 18 amide bonds. The third-order valence-electron chi connectivity index (χ3n) is 13.4. The van der Waals surface area contributed by atoms with Crippen molar-refractivity contribution in [3.8, 4) is 0 Å². The number of hydrogen-bond donors (Lipinski definition) is 1. The molecule has 0 bridgehead atoms. The van der Waals surface area contributed by atoms with Gasteiger partial charge < -0.3 is 43.0 Å². The number of carbonyl (C=O) groups excluding carboxylic acids is 12. The van der Waals surface area contributed by atoms with Crippen LogP contribution >= 0.6 is 0 Å². The van der Waals surface area contributed by atoms with Crippen molar-refractivity contribution in [3.05, 3.63) is 0 Å². The fraction of sp³-hybridized carbons (Fsp3) is 0.800. The number of ether oxygens (including phenoxy) is 7. The van der Waals surface area contributed by atoms with E-state index in [1.165, 1.54) is 11.9 Å². The van der Waals surface area contributed by atoms with Gasteiger partial charge in [-0.05, 0) is 73.6 Å². The van der Waals surface area contributed by atoms with Gasteiger partial charge in [0.05, 0.1) is 0 Å². The molecule has 0 saturated carbocycles. The van der Waals surface area contributed by atoms with E-state index in [9.17, 15) is 57.9 Å². The highest BCUT2D eigenvalue weighted by molar-refractivity contribution is 6.06. The van der Waals surface area contributed by atoms with Gasteiger partial charge in [-0.3, -0.25) is 63.4 Å². The van der Waals surface area contributed by atoms with Crippen molar-refractivity contribution < 1.29 is 95.9 Å². The second-order valence-corrected chi connectivity index (χ2v) is 20.6. The van der Waals surface area contributed by atoms with E-state index in [4.69, 9.17) is 33.2 Å². The van der Waals surface area contributed by atoms with Crippen molar-refractivity contribution in [3.63, 3.8) is 0 Å². The zero-order valence-corrected chi connectivity index (χ0v) is 57.9. The molecule has 0 saturated heterocycles. The Morgan fingerprint density at radius 1 is 0.315 bits per heavy atom. The fourth-order valence-corrected chi connectivity index (χ4v) is 7.42. The van der Waals surface area contributed by atoms with E-state index >= 15 is 4.79 Å². The molecule has 92 heavy (non-hydrogen) atoms. The molecule has 1 N–H and O–H groups in total. The Bertz CT molecular complexity index is 2190. The summed E-state index contributed by atoms with van der Waals surface area (Å²) in [5.41, 5.74) is 0. The van der Waals surface area contributed by atoms with Crippen molar-refractivity contribution in [1.29, 1.82) is 0 Å². The molecule has 0 aliphatic heterocycles. The fourth-order valence-electron chi connectivity index (χ4n) is 7.42. The molecular weight excluding hydrogens is 1210 g/mol. The van der Waals surface area contributed by atoms with Crippen LogP contribution in [-0.4, -0.2) is 277 Å². The van der Waals surface area contributed by atoms with Gasteiger partial charge in [0.15, 0.2) is 6.73 Å². The van der Waals surface area contributed by atoms with Crippen LogP contribution in [0.4, 0.5) is 28.8 Å². The molecule has 0 aliphatic rings. The summed E-state index contributed by atoms with van der Waals surface area (Å²) in [6.07, 6.45) is 4.60. The Labute approximate surface area is 545 Å². The maximum atomic E-state index is 15.1. The summed E-state index contributed by atoms with van der Waals surface area (Å²) in [6, 6.07) is -5.67. The van der Waals surface area contributed by atoms with Gasteiger partial charge in [-0.1, -0.05) is 73.6 Å². The van der Waals surface area contributed by atoms with Crippen molar-refractivity contribution in [2.24, 2.45) is 0 Å². The first-order chi connectivity index (χ1) is 43.9. The molecule has 0 aliphatic carbocycles. The third kappa shape index (κ3) is 33.8. The first kappa shape index (κ1) is 87.4. The van der Waals surface area contributed by atoms with E-state index in [1.807, 2.05) is 34.6 Å². The van der Waals surface area contributed by atoms with Gasteiger partial charge in [0.1, 0.15) is 67.1 Å². The Hall–Kier alpha value is -6.68. The number of urea groups is 6. The summed E-state index contributed by atoms with van der Waals surface area (Å²) in [7, 11) is 4.27. The number of hydroxylamine groups is 2. The molecule has 0 radical (unpaired) electrons. The molecule has 0 aromatic carbocycles. The third-order valence-corrected chi connectivity index (χ3v) is 13.4. The monoisotopic (exact) mass is 1320 g/mol. The first-order valence-electron chi connectivity index (χ1n) is 32.1. The van der Waals surface area contributed by atoms with E-state index < -0.39 is 99.8 Å². The summed E-state index contributed by atoms with van der Waals surface area (Å²) < 4.78 is 39.0. The molecule has 0 aromatic rings. The Balaban J connectivity index is 0. The average molecular weight is 1320 g/mol. The van der Waals surface area contributed by atoms with Crippen LogP contribution in [0, 0.1) is 0 Å². The van der Waals surface area contributed by atoms with Gasteiger partial charge in [0, 0.05) is 99.4 Å². The lowest BCUT2D eigenvalue weighted by atomic mass is 10.2. The maximum absolute atomic E-state index is 15.1. The normalized spacial score (nSPS) is 10.7.